The smallest absolute Gasteiger partial charge is 0.263 e. The summed E-state index contributed by atoms with van der Waals surface area (Å²) < 4.78 is 1.19. The van der Waals surface area contributed by atoms with Crippen LogP contribution in [0.3, 0.4) is 0 Å². The van der Waals surface area contributed by atoms with Crippen LogP contribution in [0.4, 0.5) is 0 Å². The third-order valence-corrected chi connectivity index (χ3v) is 7.68. The van der Waals surface area contributed by atoms with Crippen LogP contribution in [-0.4, -0.2) is 29.6 Å². The summed E-state index contributed by atoms with van der Waals surface area (Å²) in [6.45, 7) is 1.70. The summed E-state index contributed by atoms with van der Waals surface area (Å²) >= 11 is 5.42. The number of fused-ring (bicyclic) bond motifs is 1. The number of nitrogens with zero attached hydrogens (tertiary/aromatic N) is 1. The minimum absolute atomic E-state index is 0.193. The fourth-order valence-electron chi connectivity index (χ4n) is 2.92. The molecular formula is C18H17NOS3. The molecule has 0 N–H and O–H groups in total. The molecule has 2 aromatic heterocycles. The van der Waals surface area contributed by atoms with E-state index in [1.807, 2.05) is 46.2 Å². The Morgan fingerprint density at radius 2 is 2.04 bits per heavy atom. The molecule has 1 aliphatic rings. The molecule has 1 saturated heterocycles. The Morgan fingerprint density at radius 1 is 1.13 bits per heavy atom. The molecule has 1 atom stereocenters. The molecule has 0 radical (unpaired) electrons. The number of thiophene rings is 2. The topological polar surface area (TPSA) is 20.3 Å². The second kappa shape index (κ2) is 6.67. The van der Waals surface area contributed by atoms with Gasteiger partial charge in [0.05, 0.1) is 4.88 Å². The van der Waals surface area contributed by atoms with Crippen molar-refractivity contribution in [3.8, 4) is 0 Å². The van der Waals surface area contributed by atoms with Crippen molar-refractivity contribution in [3.05, 3.63) is 57.6 Å². The van der Waals surface area contributed by atoms with Crippen molar-refractivity contribution in [1.29, 1.82) is 0 Å². The standard InChI is InChI=1S/C18H17NOS3/c20-18(17-12-13-4-1-2-5-14(13)23-17)19-8-7-16(22-11-9-19)15-6-3-10-21-15/h1-6,10,12,16H,7-9,11H2. The number of hydrogen-bond acceptors (Lipinski definition) is 4. The Hall–Kier alpha value is -1.30. The van der Waals surface area contributed by atoms with E-state index in [0.717, 1.165) is 30.1 Å². The molecule has 23 heavy (non-hydrogen) atoms. The summed E-state index contributed by atoms with van der Waals surface area (Å²) in [4.78, 5) is 17.2. The zero-order chi connectivity index (χ0) is 15.6. The van der Waals surface area contributed by atoms with Crippen LogP contribution < -0.4 is 0 Å². The molecule has 5 heteroatoms. The number of thioether (sulfide) groups is 1. The van der Waals surface area contributed by atoms with Crippen LogP contribution in [0.5, 0.6) is 0 Å². The highest BCUT2D eigenvalue weighted by Gasteiger charge is 2.24. The van der Waals surface area contributed by atoms with Crippen molar-refractivity contribution in [1.82, 2.24) is 4.90 Å². The third kappa shape index (κ3) is 3.18. The zero-order valence-electron chi connectivity index (χ0n) is 12.6. The minimum atomic E-state index is 0.193. The first-order valence-corrected chi connectivity index (χ1v) is 10.5. The van der Waals surface area contributed by atoms with Gasteiger partial charge in [-0.25, -0.2) is 0 Å². The van der Waals surface area contributed by atoms with Crippen molar-refractivity contribution >= 4 is 50.4 Å². The molecule has 0 saturated carbocycles. The van der Waals surface area contributed by atoms with Crippen LogP contribution in [0.25, 0.3) is 10.1 Å². The fourth-order valence-corrected chi connectivity index (χ4v) is 6.19. The van der Waals surface area contributed by atoms with Crippen molar-refractivity contribution in [2.45, 2.75) is 11.7 Å². The average Bonchev–Trinajstić information content (AvgIpc) is 3.19. The van der Waals surface area contributed by atoms with Crippen LogP contribution in [0.2, 0.25) is 0 Å². The van der Waals surface area contributed by atoms with Crippen LogP contribution >= 0.6 is 34.4 Å². The lowest BCUT2D eigenvalue weighted by atomic mass is 10.2. The fraction of sp³-hybridized carbons (Fsp3) is 0.278. The third-order valence-electron chi connectivity index (χ3n) is 4.13. The molecular weight excluding hydrogens is 342 g/mol. The SMILES string of the molecule is O=C(c1cc2ccccc2s1)N1CCSC(c2cccs2)CC1. The monoisotopic (exact) mass is 359 g/mol. The predicted octanol–water partition coefficient (Wildman–Crippen LogP) is 5.28. The summed E-state index contributed by atoms with van der Waals surface area (Å²) in [5.74, 6) is 1.21. The highest BCUT2D eigenvalue weighted by molar-refractivity contribution is 7.99. The van der Waals surface area contributed by atoms with E-state index in [0.29, 0.717) is 5.25 Å². The molecule has 4 rings (SSSR count). The molecule has 3 aromatic rings. The first-order chi connectivity index (χ1) is 11.3. The van der Waals surface area contributed by atoms with Gasteiger partial charge in [0.15, 0.2) is 0 Å². The maximum absolute atomic E-state index is 12.8. The molecule has 3 heterocycles. The molecule has 0 spiro atoms. The lowest BCUT2D eigenvalue weighted by Gasteiger charge is -2.19. The van der Waals surface area contributed by atoms with E-state index in [-0.39, 0.29) is 5.91 Å². The highest BCUT2D eigenvalue weighted by atomic mass is 32.2. The van der Waals surface area contributed by atoms with Crippen LogP contribution in [0.1, 0.15) is 26.2 Å². The van der Waals surface area contributed by atoms with Gasteiger partial charge in [0, 0.05) is 33.7 Å². The van der Waals surface area contributed by atoms with Crippen LogP contribution in [0.15, 0.2) is 47.8 Å². The lowest BCUT2D eigenvalue weighted by Crippen LogP contribution is -2.32. The van der Waals surface area contributed by atoms with Gasteiger partial charge in [0.2, 0.25) is 0 Å². The maximum atomic E-state index is 12.8. The van der Waals surface area contributed by atoms with Gasteiger partial charge in [-0.1, -0.05) is 24.3 Å². The van der Waals surface area contributed by atoms with Gasteiger partial charge in [0.1, 0.15) is 0 Å². The molecule has 1 unspecified atom stereocenters. The number of amides is 1. The zero-order valence-corrected chi connectivity index (χ0v) is 15.1. The summed E-state index contributed by atoms with van der Waals surface area (Å²) in [5, 5.41) is 3.85. The average molecular weight is 360 g/mol. The summed E-state index contributed by atoms with van der Waals surface area (Å²) in [6, 6.07) is 14.6. The first kappa shape index (κ1) is 15.2. The number of hydrogen-bond donors (Lipinski definition) is 0. The first-order valence-electron chi connectivity index (χ1n) is 7.74. The van der Waals surface area contributed by atoms with Crippen molar-refractivity contribution in [3.63, 3.8) is 0 Å². The lowest BCUT2D eigenvalue weighted by molar-refractivity contribution is 0.0771. The van der Waals surface area contributed by atoms with E-state index in [4.69, 9.17) is 0 Å². The molecule has 1 aliphatic heterocycles. The molecule has 2 nitrogen and oxygen atoms in total. The highest BCUT2D eigenvalue weighted by Crippen LogP contribution is 2.37. The Balaban J connectivity index is 1.50. The van der Waals surface area contributed by atoms with E-state index in [9.17, 15) is 4.79 Å². The molecule has 1 aromatic carbocycles. The van der Waals surface area contributed by atoms with Crippen molar-refractivity contribution in [2.75, 3.05) is 18.8 Å². The molecule has 1 amide bonds. The van der Waals surface area contributed by atoms with Crippen LogP contribution in [-0.2, 0) is 0 Å². The summed E-state index contributed by atoms with van der Waals surface area (Å²) in [6.07, 6.45) is 1.04. The normalized spacial score (nSPS) is 19.0. The minimum Gasteiger partial charge on any atom is -0.337 e. The van der Waals surface area contributed by atoms with Gasteiger partial charge >= 0.3 is 0 Å². The Kier molecular flexibility index (Phi) is 4.42. The number of carbonyl (C=O) groups excluding carboxylic acids is 1. The maximum Gasteiger partial charge on any atom is 0.263 e. The van der Waals surface area contributed by atoms with Gasteiger partial charge in [-0.2, -0.15) is 11.8 Å². The van der Waals surface area contributed by atoms with Gasteiger partial charge in [0.25, 0.3) is 5.91 Å². The van der Waals surface area contributed by atoms with Gasteiger partial charge in [-0.3, -0.25) is 4.79 Å². The van der Waals surface area contributed by atoms with E-state index >= 15 is 0 Å². The summed E-state index contributed by atoms with van der Waals surface area (Å²) in [7, 11) is 0. The Morgan fingerprint density at radius 3 is 2.87 bits per heavy atom. The molecule has 0 bridgehead atoms. The second-order valence-corrected chi connectivity index (χ2v) is 8.98. The van der Waals surface area contributed by atoms with Gasteiger partial charge < -0.3 is 4.90 Å². The van der Waals surface area contributed by atoms with E-state index in [1.165, 1.54) is 15.0 Å². The molecule has 118 valence electrons. The van der Waals surface area contributed by atoms with Crippen LogP contribution in [0, 0.1) is 0 Å². The van der Waals surface area contributed by atoms with Gasteiger partial charge in [-0.05, 0) is 35.4 Å². The second-order valence-electron chi connectivity index (χ2n) is 5.60. The quantitative estimate of drug-likeness (QED) is 0.620. The molecule has 1 fully saturated rings. The van der Waals surface area contributed by atoms with Crippen molar-refractivity contribution in [2.24, 2.45) is 0 Å². The van der Waals surface area contributed by atoms with E-state index < -0.39 is 0 Å². The predicted molar refractivity (Wildman–Crippen MR) is 102 cm³/mol. The number of benzene rings is 1. The van der Waals surface area contributed by atoms with E-state index in [1.54, 1.807) is 11.3 Å². The Labute approximate surface area is 148 Å². The summed E-state index contributed by atoms with van der Waals surface area (Å²) in [5.41, 5.74) is 0. The largest absolute Gasteiger partial charge is 0.337 e. The molecule has 0 aliphatic carbocycles. The number of rotatable bonds is 2. The van der Waals surface area contributed by atoms with E-state index in [2.05, 4.69) is 29.6 Å². The van der Waals surface area contributed by atoms with Crippen molar-refractivity contribution < 1.29 is 4.79 Å². The Bertz CT molecular complexity index is 776. The van der Waals surface area contributed by atoms with Gasteiger partial charge in [-0.15, -0.1) is 22.7 Å². The number of carbonyl (C=O) groups is 1.